The van der Waals surface area contributed by atoms with Gasteiger partial charge in [0.2, 0.25) is 5.91 Å². The molecule has 0 bridgehead atoms. The number of amides is 3. The summed E-state index contributed by atoms with van der Waals surface area (Å²) in [6, 6.07) is 8.05. The van der Waals surface area contributed by atoms with E-state index in [0.29, 0.717) is 27.4 Å². The van der Waals surface area contributed by atoms with Gasteiger partial charge in [-0.3, -0.25) is 19.3 Å². The highest BCUT2D eigenvalue weighted by atomic mass is 79.9. The number of nitrogens with one attached hydrogen (secondary N) is 1. The van der Waals surface area contributed by atoms with Crippen LogP contribution in [0.3, 0.4) is 0 Å². The second-order valence-electron chi connectivity index (χ2n) is 6.55. The lowest BCUT2D eigenvalue weighted by Crippen LogP contribution is -2.36. The molecule has 31 heavy (non-hydrogen) atoms. The predicted molar refractivity (Wildman–Crippen MR) is 124 cm³/mol. The van der Waals surface area contributed by atoms with Crippen LogP contribution in [0.15, 0.2) is 39.7 Å². The summed E-state index contributed by atoms with van der Waals surface area (Å²) >= 11 is 10.1. The maximum absolute atomic E-state index is 12.7. The Balaban J connectivity index is 1.75. The Morgan fingerprint density at radius 2 is 2.06 bits per heavy atom. The minimum Gasteiger partial charge on any atom is -0.504 e. The number of benzene rings is 2. The molecule has 7 nitrogen and oxygen atoms in total. The van der Waals surface area contributed by atoms with E-state index in [1.54, 1.807) is 31.2 Å². The molecule has 0 aliphatic carbocycles. The fourth-order valence-corrected chi connectivity index (χ4v) is 4.19. The summed E-state index contributed by atoms with van der Waals surface area (Å²) in [6.45, 7) is 3.55. The second kappa shape index (κ2) is 9.76. The van der Waals surface area contributed by atoms with Crippen LogP contribution in [0.1, 0.15) is 18.1 Å². The lowest BCUT2D eigenvalue weighted by molar-refractivity contribution is -0.127. The Hall–Kier alpha value is -2.49. The molecule has 3 rings (SSSR count). The molecule has 1 aliphatic rings. The highest BCUT2D eigenvalue weighted by Gasteiger charge is 2.36. The Morgan fingerprint density at radius 3 is 2.74 bits per heavy atom. The average molecular weight is 526 g/mol. The third-order valence-electron chi connectivity index (χ3n) is 4.30. The summed E-state index contributed by atoms with van der Waals surface area (Å²) in [7, 11) is 0. The third-order valence-corrected chi connectivity index (χ3v) is 6.30. The zero-order valence-electron chi connectivity index (χ0n) is 16.6. The topological polar surface area (TPSA) is 95.9 Å². The van der Waals surface area contributed by atoms with Crippen molar-refractivity contribution in [3.05, 3.63) is 55.9 Å². The number of aromatic hydroxyl groups is 1. The number of carbonyl (C=O) groups is 3. The van der Waals surface area contributed by atoms with Crippen LogP contribution in [0.5, 0.6) is 11.5 Å². The van der Waals surface area contributed by atoms with Crippen molar-refractivity contribution in [2.45, 2.75) is 13.8 Å². The molecule has 1 heterocycles. The molecule has 0 aromatic heterocycles. The van der Waals surface area contributed by atoms with Crippen molar-refractivity contribution in [2.75, 3.05) is 18.5 Å². The summed E-state index contributed by atoms with van der Waals surface area (Å²) in [6.07, 6.45) is 1.51. The van der Waals surface area contributed by atoms with Crippen LogP contribution in [0.2, 0.25) is 5.02 Å². The van der Waals surface area contributed by atoms with Gasteiger partial charge in [0.15, 0.2) is 11.5 Å². The van der Waals surface area contributed by atoms with Crippen LogP contribution >= 0.6 is 39.3 Å². The number of hydrogen-bond donors (Lipinski definition) is 2. The quantitative estimate of drug-likeness (QED) is 0.504. The van der Waals surface area contributed by atoms with Gasteiger partial charge < -0.3 is 15.2 Å². The smallest absolute Gasteiger partial charge is 0.294 e. The predicted octanol–water partition coefficient (Wildman–Crippen LogP) is 5.19. The molecule has 1 saturated heterocycles. The van der Waals surface area contributed by atoms with Crippen molar-refractivity contribution >= 4 is 68.1 Å². The largest absolute Gasteiger partial charge is 0.504 e. The van der Waals surface area contributed by atoms with Crippen LogP contribution in [-0.4, -0.2) is 40.2 Å². The summed E-state index contributed by atoms with van der Waals surface area (Å²) in [4.78, 5) is 38.4. The first-order valence-corrected chi connectivity index (χ1v) is 11.1. The zero-order valence-corrected chi connectivity index (χ0v) is 19.7. The fourth-order valence-electron chi connectivity index (χ4n) is 2.73. The normalized spacial score (nSPS) is 15.0. The number of aryl methyl sites for hydroxylation is 1. The molecule has 0 atom stereocenters. The van der Waals surface area contributed by atoms with E-state index in [1.165, 1.54) is 12.1 Å². The van der Waals surface area contributed by atoms with Crippen molar-refractivity contribution in [3.63, 3.8) is 0 Å². The van der Waals surface area contributed by atoms with Gasteiger partial charge in [0.1, 0.15) is 6.54 Å². The van der Waals surface area contributed by atoms with Crippen molar-refractivity contribution in [2.24, 2.45) is 0 Å². The number of thioether (sulfide) groups is 1. The third kappa shape index (κ3) is 5.41. The van der Waals surface area contributed by atoms with Gasteiger partial charge in [0.25, 0.3) is 11.1 Å². The van der Waals surface area contributed by atoms with E-state index in [2.05, 4.69) is 21.2 Å². The Morgan fingerprint density at radius 1 is 1.32 bits per heavy atom. The van der Waals surface area contributed by atoms with Crippen LogP contribution < -0.4 is 10.1 Å². The second-order valence-corrected chi connectivity index (χ2v) is 8.81. The number of rotatable bonds is 6. The molecule has 2 aromatic carbocycles. The van der Waals surface area contributed by atoms with E-state index in [4.69, 9.17) is 16.3 Å². The first-order valence-electron chi connectivity index (χ1n) is 9.16. The molecule has 2 N–H and O–H groups in total. The molecular weight excluding hydrogens is 508 g/mol. The van der Waals surface area contributed by atoms with Gasteiger partial charge in [-0.1, -0.05) is 33.6 Å². The van der Waals surface area contributed by atoms with Crippen molar-refractivity contribution in [1.82, 2.24) is 4.90 Å². The van der Waals surface area contributed by atoms with E-state index in [1.807, 2.05) is 6.92 Å². The molecule has 0 saturated carbocycles. The summed E-state index contributed by atoms with van der Waals surface area (Å²) in [5.74, 6) is -0.892. The SMILES string of the molecule is CCOc1cc(/C=C2\SC(=O)N(CC(=O)Nc3ccc(C)c(Cl)c3)C2=O)c(Br)cc1O. The maximum Gasteiger partial charge on any atom is 0.294 e. The number of anilines is 1. The molecule has 1 aliphatic heterocycles. The Labute approximate surface area is 196 Å². The highest BCUT2D eigenvalue weighted by Crippen LogP contribution is 2.37. The van der Waals surface area contributed by atoms with Gasteiger partial charge in [0, 0.05) is 15.2 Å². The summed E-state index contributed by atoms with van der Waals surface area (Å²) < 4.78 is 5.88. The number of ether oxygens (including phenoxy) is 1. The van der Waals surface area contributed by atoms with Gasteiger partial charge >= 0.3 is 0 Å². The standard InChI is InChI=1S/C21H18BrClN2O5S/c1-3-30-17-6-12(14(22)9-16(17)26)7-18-20(28)25(21(29)31-18)10-19(27)24-13-5-4-11(2)15(23)8-13/h4-9,26H,3,10H2,1-2H3,(H,24,27)/b18-7-. The van der Waals surface area contributed by atoms with E-state index in [9.17, 15) is 19.5 Å². The molecule has 10 heteroatoms. The minimum atomic E-state index is -0.579. The number of halogens is 2. The average Bonchev–Trinajstić information content (AvgIpc) is 2.96. The van der Waals surface area contributed by atoms with Gasteiger partial charge in [-0.25, -0.2) is 0 Å². The molecule has 162 valence electrons. The Bertz CT molecular complexity index is 1110. The van der Waals surface area contributed by atoms with E-state index in [-0.39, 0.29) is 16.4 Å². The van der Waals surface area contributed by atoms with E-state index in [0.717, 1.165) is 22.2 Å². The summed E-state index contributed by atoms with van der Waals surface area (Å²) in [5, 5.41) is 12.5. The number of phenolic OH excluding ortho intramolecular Hbond substituents is 1. The lowest BCUT2D eigenvalue weighted by Gasteiger charge is -2.13. The van der Waals surface area contributed by atoms with Crippen LogP contribution in [-0.2, 0) is 9.59 Å². The molecule has 0 unspecified atom stereocenters. The van der Waals surface area contributed by atoms with E-state index < -0.39 is 23.6 Å². The van der Waals surface area contributed by atoms with Crippen molar-refractivity contribution < 1.29 is 24.2 Å². The van der Waals surface area contributed by atoms with Crippen LogP contribution in [0, 0.1) is 6.92 Å². The fraction of sp³-hybridized carbons (Fsp3) is 0.190. The van der Waals surface area contributed by atoms with Crippen molar-refractivity contribution in [1.29, 1.82) is 0 Å². The van der Waals surface area contributed by atoms with Gasteiger partial charge in [-0.15, -0.1) is 0 Å². The lowest BCUT2D eigenvalue weighted by atomic mass is 10.2. The van der Waals surface area contributed by atoms with Gasteiger partial charge in [0.05, 0.1) is 11.5 Å². The minimum absolute atomic E-state index is 0.0492. The molecule has 2 aromatic rings. The highest BCUT2D eigenvalue weighted by molar-refractivity contribution is 9.10. The number of phenols is 1. The van der Waals surface area contributed by atoms with Crippen molar-refractivity contribution in [3.8, 4) is 11.5 Å². The first kappa shape index (κ1) is 23.2. The maximum atomic E-state index is 12.7. The van der Waals surface area contributed by atoms with Gasteiger partial charge in [-0.2, -0.15) is 0 Å². The molecule has 0 radical (unpaired) electrons. The monoisotopic (exact) mass is 524 g/mol. The van der Waals surface area contributed by atoms with E-state index >= 15 is 0 Å². The molecular formula is C21H18BrClN2O5S. The molecule has 3 amide bonds. The zero-order chi connectivity index (χ0) is 22.7. The van der Waals surface area contributed by atoms with Gasteiger partial charge in [-0.05, 0) is 67.1 Å². The van der Waals surface area contributed by atoms with Crippen LogP contribution in [0.25, 0.3) is 6.08 Å². The Kier molecular flexibility index (Phi) is 7.30. The molecule has 0 spiro atoms. The summed E-state index contributed by atoms with van der Waals surface area (Å²) in [5.41, 5.74) is 1.88. The number of carbonyl (C=O) groups excluding carboxylic acids is 3. The number of hydrogen-bond acceptors (Lipinski definition) is 6. The number of nitrogens with zero attached hydrogens (tertiary/aromatic N) is 1. The first-order chi connectivity index (χ1) is 14.7. The number of imide groups is 1. The van der Waals surface area contributed by atoms with Crippen LogP contribution in [0.4, 0.5) is 10.5 Å². The molecule has 1 fully saturated rings.